The number of carbonyl (C=O) groups excluding carboxylic acids is 1. The number of halogens is 1. The van der Waals surface area contributed by atoms with E-state index in [9.17, 15) is 9.59 Å². The predicted molar refractivity (Wildman–Crippen MR) is 80.5 cm³/mol. The minimum absolute atomic E-state index is 0.204. The van der Waals surface area contributed by atoms with Gasteiger partial charge in [-0.15, -0.1) is 0 Å². The van der Waals surface area contributed by atoms with Gasteiger partial charge in [0.05, 0.1) is 12.5 Å². The summed E-state index contributed by atoms with van der Waals surface area (Å²) in [6.45, 7) is 3.87. The molecule has 0 aliphatic heterocycles. The second kappa shape index (κ2) is 7.88. The number of ether oxygens (including phenoxy) is 1. The maximum absolute atomic E-state index is 12.1. The maximum atomic E-state index is 12.1. The molecule has 0 saturated carbocycles. The Hall–Kier alpha value is -1.75. The third kappa shape index (κ3) is 5.27. The lowest BCUT2D eigenvalue weighted by atomic mass is 9.95. The van der Waals surface area contributed by atoms with E-state index in [4.69, 9.17) is 21.4 Å². The molecule has 6 heteroatoms. The zero-order chi connectivity index (χ0) is 16.0. The van der Waals surface area contributed by atoms with Gasteiger partial charge in [0.2, 0.25) is 5.91 Å². The number of carboxylic acids is 1. The van der Waals surface area contributed by atoms with E-state index in [-0.39, 0.29) is 5.91 Å². The molecule has 2 atom stereocenters. The lowest BCUT2D eigenvalue weighted by Gasteiger charge is -2.23. The smallest absolute Gasteiger partial charge is 0.307 e. The van der Waals surface area contributed by atoms with Crippen molar-refractivity contribution < 1.29 is 19.4 Å². The number of rotatable bonds is 7. The Kier molecular flexibility index (Phi) is 6.49. The molecule has 116 valence electrons. The second-order valence-corrected chi connectivity index (χ2v) is 5.41. The molecule has 0 bridgehead atoms. The standard InChI is InChI=1S/C15H20ClNO4/c1-10(11(2)15(19)20)14(18)17(3)8-9-21-13-6-4-12(16)5-7-13/h4-7,10-11H,8-9H2,1-3H3,(H,19,20). The van der Waals surface area contributed by atoms with Crippen LogP contribution in [0.25, 0.3) is 0 Å². The highest BCUT2D eigenvalue weighted by atomic mass is 35.5. The summed E-state index contributed by atoms with van der Waals surface area (Å²) in [5, 5.41) is 9.55. The van der Waals surface area contributed by atoms with Crippen LogP contribution in [-0.2, 0) is 9.59 Å². The predicted octanol–water partition coefficient (Wildman–Crippen LogP) is 2.53. The molecule has 1 N–H and O–H groups in total. The number of aliphatic carboxylic acids is 1. The molecule has 5 nitrogen and oxygen atoms in total. The van der Waals surface area contributed by atoms with Gasteiger partial charge in [-0.25, -0.2) is 0 Å². The Labute approximate surface area is 129 Å². The van der Waals surface area contributed by atoms with Crippen LogP contribution in [0.5, 0.6) is 5.75 Å². The number of nitrogens with zero attached hydrogens (tertiary/aromatic N) is 1. The molecule has 0 aliphatic rings. The summed E-state index contributed by atoms with van der Waals surface area (Å²) in [5.41, 5.74) is 0. The highest BCUT2D eigenvalue weighted by Gasteiger charge is 2.27. The van der Waals surface area contributed by atoms with Crippen molar-refractivity contribution in [1.82, 2.24) is 4.90 Å². The normalized spacial score (nSPS) is 13.3. The summed E-state index contributed by atoms with van der Waals surface area (Å²) in [6, 6.07) is 6.95. The van der Waals surface area contributed by atoms with Crippen molar-refractivity contribution >= 4 is 23.5 Å². The van der Waals surface area contributed by atoms with Crippen LogP contribution in [0.4, 0.5) is 0 Å². The Morgan fingerprint density at radius 2 is 1.81 bits per heavy atom. The number of hydrogen-bond acceptors (Lipinski definition) is 3. The van der Waals surface area contributed by atoms with Gasteiger partial charge in [0.15, 0.2) is 0 Å². The second-order valence-electron chi connectivity index (χ2n) is 4.98. The number of amides is 1. The van der Waals surface area contributed by atoms with Crippen molar-refractivity contribution in [2.24, 2.45) is 11.8 Å². The molecule has 0 saturated heterocycles. The van der Waals surface area contributed by atoms with Gasteiger partial charge < -0.3 is 14.7 Å². The highest BCUT2D eigenvalue weighted by Crippen LogP contribution is 2.16. The van der Waals surface area contributed by atoms with Gasteiger partial charge in [-0.1, -0.05) is 25.4 Å². The summed E-state index contributed by atoms with van der Waals surface area (Å²) < 4.78 is 5.50. The van der Waals surface area contributed by atoms with Gasteiger partial charge >= 0.3 is 5.97 Å². The van der Waals surface area contributed by atoms with Crippen molar-refractivity contribution in [3.8, 4) is 5.75 Å². The van der Waals surface area contributed by atoms with Crippen LogP contribution in [0, 0.1) is 11.8 Å². The average molecular weight is 314 g/mol. The van der Waals surface area contributed by atoms with E-state index in [1.165, 1.54) is 11.8 Å². The van der Waals surface area contributed by atoms with E-state index >= 15 is 0 Å². The molecule has 2 unspecified atom stereocenters. The number of hydrogen-bond donors (Lipinski definition) is 1. The summed E-state index contributed by atoms with van der Waals surface area (Å²) in [6.07, 6.45) is 0. The van der Waals surface area contributed by atoms with Crippen LogP contribution in [0.1, 0.15) is 13.8 Å². The zero-order valence-electron chi connectivity index (χ0n) is 12.4. The maximum Gasteiger partial charge on any atom is 0.307 e. The van der Waals surface area contributed by atoms with Gasteiger partial charge in [0.25, 0.3) is 0 Å². The Morgan fingerprint density at radius 1 is 1.24 bits per heavy atom. The van der Waals surface area contributed by atoms with Crippen LogP contribution in [-0.4, -0.2) is 42.1 Å². The fourth-order valence-corrected chi connectivity index (χ4v) is 1.84. The first-order valence-electron chi connectivity index (χ1n) is 6.69. The van der Waals surface area contributed by atoms with Crippen molar-refractivity contribution in [2.75, 3.05) is 20.2 Å². The molecule has 0 aliphatic carbocycles. The first kappa shape index (κ1) is 17.3. The fourth-order valence-electron chi connectivity index (χ4n) is 1.72. The van der Waals surface area contributed by atoms with Crippen LogP contribution < -0.4 is 4.74 Å². The lowest BCUT2D eigenvalue weighted by molar-refractivity contribution is -0.148. The van der Waals surface area contributed by atoms with Gasteiger partial charge in [-0.3, -0.25) is 9.59 Å². The summed E-state index contributed by atoms with van der Waals surface area (Å²) in [4.78, 5) is 24.4. The monoisotopic (exact) mass is 313 g/mol. The number of carbonyl (C=O) groups is 2. The van der Waals surface area contributed by atoms with Gasteiger partial charge in [0, 0.05) is 18.0 Å². The van der Waals surface area contributed by atoms with E-state index in [0.717, 1.165) is 0 Å². The minimum Gasteiger partial charge on any atom is -0.492 e. The quantitative estimate of drug-likeness (QED) is 0.840. The molecule has 0 aromatic heterocycles. The van der Waals surface area contributed by atoms with E-state index in [1.54, 1.807) is 38.2 Å². The van der Waals surface area contributed by atoms with Crippen molar-refractivity contribution in [3.05, 3.63) is 29.3 Å². The van der Waals surface area contributed by atoms with Crippen molar-refractivity contribution in [3.63, 3.8) is 0 Å². The van der Waals surface area contributed by atoms with Crippen LogP contribution >= 0.6 is 11.6 Å². The molecule has 0 fully saturated rings. The van der Waals surface area contributed by atoms with E-state index in [1.807, 2.05) is 0 Å². The van der Waals surface area contributed by atoms with Crippen molar-refractivity contribution in [1.29, 1.82) is 0 Å². The first-order chi connectivity index (χ1) is 9.82. The van der Waals surface area contributed by atoms with Gasteiger partial charge in [0.1, 0.15) is 12.4 Å². The summed E-state index contributed by atoms with van der Waals surface area (Å²) >= 11 is 5.77. The molecule has 0 heterocycles. The Bertz CT molecular complexity index is 489. The molecule has 1 aromatic carbocycles. The topological polar surface area (TPSA) is 66.8 Å². The number of benzene rings is 1. The van der Waals surface area contributed by atoms with E-state index < -0.39 is 17.8 Å². The summed E-state index contributed by atoms with van der Waals surface area (Å²) in [5.74, 6) is -1.78. The van der Waals surface area contributed by atoms with Gasteiger partial charge in [-0.2, -0.15) is 0 Å². The third-order valence-corrected chi connectivity index (χ3v) is 3.67. The van der Waals surface area contributed by atoms with Crippen LogP contribution in [0.2, 0.25) is 5.02 Å². The molecule has 0 radical (unpaired) electrons. The van der Waals surface area contributed by atoms with Crippen molar-refractivity contribution in [2.45, 2.75) is 13.8 Å². The number of likely N-dealkylation sites (N-methyl/N-ethyl adjacent to an activating group) is 1. The SMILES string of the molecule is CC(C(=O)O)C(C)C(=O)N(C)CCOc1ccc(Cl)cc1. The third-order valence-electron chi connectivity index (χ3n) is 3.41. The molecule has 0 spiro atoms. The van der Waals surface area contributed by atoms with E-state index in [0.29, 0.717) is 23.9 Å². The number of carboxylic acid groups (broad SMARTS) is 1. The van der Waals surface area contributed by atoms with Crippen LogP contribution in [0.15, 0.2) is 24.3 Å². The minimum atomic E-state index is -0.971. The Balaban J connectivity index is 2.42. The molecular weight excluding hydrogens is 294 g/mol. The molecule has 1 rings (SSSR count). The molecule has 1 amide bonds. The zero-order valence-corrected chi connectivity index (χ0v) is 13.1. The first-order valence-corrected chi connectivity index (χ1v) is 7.07. The largest absolute Gasteiger partial charge is 0.492 e. The highest BCUT2D eigenvalue weighted by molar-refractivity contribution is 6.30. The average Bonchev–Trinajstić information content (AvgIpc) is 2.46. The van der Waals surface area contributed by atoms with Crippen LogP contribution in [0.3, 0.4) is 0 Å². The van der Waals surface area contributed by atoms with E-state index in [2.05, 4.69) is 0 Å². The molecule has 21 heavy (non-hydrogen) atoms. The van der Waals surface area contributed by atoms with Gasteiger partial charge in [-0.05, 0) is 24.3 Å². The Morgan fingerprint density at radius 3 is 2.33 bits per heavy atom. The molecular formula is C15H20ClNO4. The lowest BCUT2D eigenvalue weighted by Crippen LogP contribution is -2.38. The fraction of sp³-hybridized carbons (Fsp3) is 0.467. The summed E-state index contributed by atoms with van der Waals surface area (Å²) in [7, 11) is 1.64. The molecule has 1 aromatic rings.